The summed E-state index contributed by atoms with van der Waals surface area (Å²) >= 11 is 0. The first kappa shape index (κ1) is 19.4. The van der Waals surface area contributed by atoms with E-state index in [-0.39, 0.29) is 0 Å². The number of hydrogen-bond acceptors (Lipinski definition) is 2. The fraction of sp³-hybridized carbons (Fsp3) is 0.941. The quantitative estimate of drug-likeness (QED) is 0.447. The maximum atomic E-state index is 11.3. The van der Waals surface area contributed by atoms with Crippen molar-refractivity contribution in [3.63, 3.8) is 0 Å². The summed E-state index contributed by atoms with van der Waals surface area (Å²) in [4.78, 5) is 11.3. The van der Waals surface area contributed by atoms with Gasteiger partial charge in [-0.1, -0.05) is 84.5 Å². The largest absolute Gasteiger partial charge is 0.480 e. The number of aliphatic carboxylic acids is 1. The summed E-state index contributed by atoms with van der Waals surface area (Å²) in [5, 5.41) is 9.26. The summed E-state index contributed by atoms with van der Waals surface area (Å²) in [5.41, 5.74) is 5.03. The van der Waals surface area contributed by atoms with E-state index >= 15 is 0 Å². The van der Waals surface area contributed by atoms with Crippen LogP contribution in [0.4, 0.5) is 0 Å². The predicted octanol–water partition coefficient (Wildman–Crippen LogP) is 4.88. The van der Waals surface area contributed by atoms with Gasteiger partial charge in [0.25, 0.3) is 0 Å². The molecule has 0 aromatic rings. The van der Waals surface area contributed by atoms with Crippen molar-refractivity contribution in [2.45, 2.75) is 103 Å². The lowest BCUT2D eigenvalue weighted by atomic mass is 9.88. The van der Waals surface area contributed by atoms with Crippen LogP contribution in [0.3, 0.4) is 0 Å². The summed E-state index contributed by atoms with van der Waals surface area (Å²) in [6.45, 7) is 4.31. The summed E-state index contributed by atoms with van der Waals surface area (Å²) in [6, 6.07) is 0. The van der Waals surface area contributed by atoms with Crippen LogP contribution < -0.4 is 5.73 Å². The van der Waals surface area contributed by atoms with E-state index in [1.54, 1.807) is 0 Å². The number of nitrogens with two attached hydrogens (primary N) is 1. The molecule has 0 bridgehead atoms. The Morgan fingerprint density at radius 1 is 0.800 bits per heavy atom. The van der Waals surface area contributed by atoms with Gasteiger partial charge in [0.15, 0.2) is 0 Å². The Bertz CT molecular complexity index is 243. The van der Waals surface area contributed by atoms with Gasteiger partial charge in [0.2, 0.25) is 0 Å². The fourth-order valence-corrected chi connectivity index (χ4v) is 2.58. The molecule has 3 heteroatoms. The molecule has 20 heavy (non-hydrogen) atoms. The van der Waals surface area contributed by atoms with Crippen molar-refractivity contribution in [3.05, 3.63) is 0 Å². The second kappa shape index (κ2) is 12.2. The van der Waals surface area contributed by atoms with Crippen molar-refractivity contribution < 1.29 is 9.90 Å². The molecule has 0 saturated carbocycles. The van der Waals surface area contributed by atoms with Crippen LogP contribution in [-0.4, -0.2) is 16.6 Å². The first-order chi connectivity index (χ1) is 9.56. The van der Waals surface area contributed by atoms with E-state index in [4.69, 9.17) is 5.73 Å². The number of carboxylic acids is 1. The van der Waals surface area contributed by atoms with Crippen LogP contribution in [0, 0.1) is 0 Å². The van der Waals surface area contributed by atoms with Crippen molar-refractivity contribution >= 4 is 5.97 Å². The number of carbonyl (C=O) groups is 1. The number of unbranched alkanes of at least 4 members (excludes halogenated alkanes) is 9. The third kappa shape index (κ3) is 9.35. The highest BCUT2D eigenvalue weighted by molar-refractivity contribution is 5.78. The summed E-state index contributed by atoms with van der Waals surface area (Å²) < 4.78 is 0. The molecule has 0 saturated heterocycles. The minimum atomic E-state index is -0.989. The van der Waals surface area contributed by atoms with Crippen LogP contribution in [0.15, 0.2) is 0 Å². The van der Waals surface area contributed by atoms with E-state index in [1.807, 2.05) is 0 Å². The van der Waals surface area contributed by atoms with Gasteiger partial charge in [-0.3, -0.25) is 4.79 Å². The van der Waals surface area contributed by atoms with Crippen molar-refractivity contribution in [1.29, 1.82) is 0 Å². The van der Waals surface area contributed by atoms with Crippen LogP contribution in [-0.2, 0) is 4.79 Å². The van der Waals surface area contributed by atoms with Gasteiger partial charge < -0.3 is 10.8 Å². The Hall–Kier alpha value is -0.570. The molecule has 1 unspecified atom stereocenters. The maximum Gasteiger partial charge on any atom is 0.323 e. The van der Waals surface area contributed by atoms with Gasteiger partial charge in [0.05, 0.1) is 0 Å². The molecule has 0 aliphatic rings. The van der Waals surface area contributed by atoms with Crippen molar-refractivity contribution in [2.24, 2.45) is 5.73 Å². The summed E-state index contributed by atoms with van der Waals surface area (Å²) in [7, 11) is 0. The highest BCUT2D eigenvalue weighted by atomic mass is 16.4. The maximum absolute atomic E-state index is 11.3. The topological polar surface area (TPSA) is 63.3 Å². The molecule has 0 aromatic heterocycles. The SMILES string of the molecule is CCCCCCCCCCCC(N)(CCCC)C(=O)O. The average molecular weight is 285 g/mol. The lowest BCUT2D eigenvalue weighted by Gasteiger charge is -2.24. The van der Waals surface area contributed by atoms with Gasteiger partial charge >= 0.3 is 5.97 Å². The third-order valence-corrected chi connectivity index (χ3v) is 4.13. The molecule has 0 aliphatic heterocycles. The van der Waals surface area contributed by atoms with Gasteiger partial charge in [-0.2, -0.15) is 0 Å². The van der Waals surface area contributed by atoms with Gasteiger partial charge in [-0.15, -0.1) is 0 Å². The smallest absolute Gasteiger partial charge is 0.323 e. The number of rotatable bonds is 14. The molecule has 0 heterocycles. The molecule has 0 aliphatic carbocycles. The molecule has 0 radical (unpaired) electrons. The molecule has 1 atom stereocenters. The first-order valence-electron chi connectivity index (χ1n) is 8.59. The van der Waals surface area contributed by atoms with Crippen LogP contribution in [0.25, 0.3) is 0 Å². The molecule has 0 fully saturated rings. The summed E-state index contributed by atoms with van der Waals surface area (Å²) in [5.74, 6) is -0.828. The van der Waals surface area contributed by atoms with E-state index in [0.29, 0.717) is 12.8 Å². The molecule has 3 nitrogen and oxygen atoms in total. The van der Waals surface area contributed by atoms with Crippen LogP contribution in [0.5, 0.6) is 0 Å². The van der Waals surface area contributed by atoms with Crippen molar-refractivity contribution in [1.82, 2.24) is 0 Å². The van der Waals surface area contributed by atoms with E-state index < -0.39 is 11.5 Å². The van der Waals surface area contributed by atoms with E-state index in [0.717, 1.165) is 25.7 Å². The Kier molecular flexibility index (Phi) is 11.8. The van der Waals surface area contributed by atoms with E-state index in [2.05, 4.69) is 13.8 Å². The zero-order valence-corrected chi connectivity index (χ0v) is 13.6. The Morgan fingerprint density at radius 2 is 1.20 bits per heavy atom. The molecular formula is C17H35NO2. The number of carboxylic acid groups (broad SMARTS) is 1. The Balaban J connectivity index is 3.61. The normalized spacial score (nSPS) is 14.2. The third-order valence-electron chi connectivity index (χ3n) is 4.13. The minimum absolute atomic E-state index is 0.607. The summed E-state index contributed by atoms with van der Waals surface area (Å²) in [6.07, 6.45) is 14.4. The Labute approximate surface area is 125 Å². The van der Waals surface area contributed by atoms with Crippen molar-refractivity contribution in [3.8, 4) is 0 Å². The van der Waals surface area contributed by atoms with Gasteiger partial charge in [-0.05, 0) is 12.8 Å². The van der Waals surface area contributed by atoms with E-state index in [9.17, 15) is 9.90 Å². The van der Waals surface area contributed by atoms with Crippen molar-refractivity contribution in [2.75, 3.05) is 0 Å². The minimum Gasteiger partial charge on any atom is -0.480 e. The second-order valence-electron chi connectivity index (χ2n) is 6.14. The van der Waals surface area contributed by atoms with Gasteiger partial charge in [0.1, 0.15) is 5.54 Å². The highest BCUT2D eigenvalue weighted by Crippen LogP contribution is 2.20. The molecule has 120 valence electrons. The Morgan fingerprint density at radius 3 is 1.65 bits per heavy atom. The van der Waals surface area contributed by atoms with Gasteiger partial charge in [-0.25, -0.2) is 0 Å². The van der Waals surface area contributed by atoms with Crippen LogP contribution >= 0.6 is 0 Å². The lowest BCUT2D eigenvalue weighted by Crippen LogP contribution is -2.47. The molecule has 0 spiro atoms. The molecular weight excluding hydrogens is 250 g/mol. The first-order valence-corrected chi connectivity index (χ1v) is 8.59. The predicted molar refractivity (Wildman–Crippen MR) is 85.9 cm³/mol. The molecule has 0 aromatic carbocycles. The zero-order valence-electron chi connectivity index (χ0n) is 13.6. The molecule has 0 amide bonds. The lowest BCUT2D eigenvalue weighted by molar-refractivity contribution is -0.144. The molecule has 3 N–H and O–H groups in total. The zero-order chi connectivity index (χ0) is 15.3. The van der Waals surface area contributed by atoms with Crippen LogP contribution in [0.2, 0.25) is 0 Å². The standard InChI is InChI=1S/C17H35NO2/c1-3-5-7-8-9-10-11-12-13-15-17(18,16(19)20)14-6-4-2/h3-15,18H2,1-2H3,(H,19,20). The van der Waals surface area contributed by atoms with Crippen LogP contribution in [0.1, 0.15) is 97.3 Å². The van der Waals surface area contributed by atoms with Gasteiger partial charge in [0, 0.05) is 0 Å². The second-order valence-corrected chi connectivity index (χ2v) is 6.14. The fourth-order valence-electron chi connectivity index (χ4n) is 2.58. The highest BCUT2D eigenvalue weighted by Gasteiger charge is 2.32. The monoisotopic (exact) mass is 285 g/mol. The average Bonchev–Trinajstić information content (AvgIpc) is 2.43. The number of hydrogen-bond donors (Lipinski definition) is 2. The molecule has 0 rings (SSSR count). The van der Waals surface area contributed by atoms with E-state index in [1.165, 1.54) is 44.9 Å².